The fourth-order valence-electron chi connectivity index (χ4n) is 3.00. The van der Waals surface area contributed by atoms with Crippen LogP contribution < -0.4 is 4.90 Å². The van der Waals surface area contributed by atoms with E-state index in [2.05, 4.69) is 45.0 Å². The van der Waals surface area contributed by atoms with E-state index >= 15 is 0 Å². The van der Waals surface area contributed by atoms with Crippen LogP contribution in [-0.4, -0.2) is 50.8 Å². The Hall–Kier alpha value is -1.95. The number of aromatic nitrogens is 4. The van der Waals surface area contributed by atoms with E-state index in [4.69, 9.17) is 0 Å². The molecule has 6 nitrogen and oxygen atoms in total. The molecule has 0 aromatic carbocycles. The fraction of sp³-hybridized carbons (Fsp3) is 0.533. The number of rotatable bonds is 4. The molecule has 0 amide bonds. The first-order valence-electron chi connectivity index (χ1n) is 7.34. The molecule has 21 heavy (non-hydrogen) atoms. The topological polar surface area (TPSA) is 50.1 Å². The molecular formula is C15H22N6. The van der Waals surface area contributed by atoms with Crippen molar-refractivity contribution in [3.63, 3.8) is 0 Å². The normalized spacial score (nSPS) is 19.1. The molecule has 6 heteroatoms. The van der Waals surface area contributed by atoms with Gasteiger partial charge >= 0.3 is 0 Å². The quantitative estimate of drug-likeness (QED) is 0.846. The Balaban J connectivity index is 1.62. The summed E-state index contributed by atoms with van der Waals surface area (Å²) in [6, 6.07) is 2.48. The highest BCUT2D eigenvalue weighted by molar-refractivity contribution is 5.37. The average molecular weight is 286 g/mol. The first-order valence-corrected chi connectivity index (χ1v) is 7.34. The van der Waals surface area contributed by atoms with Crippen LogP contribution in [0.1, 0.15) is 17.7 Å². The predicted molar refractivity (Wildman–Crippen MR) is 82.1 cm³/mol. The van der Waals surface area contributed by atoms with Crippen molar-refractivity contribution in [3.8, 4) is 0 Å². The summed E-state index contributed by atoms with van der Waals surface area (Å²) in [7, 11) is 4.10. The summed E-state index contributed by atoms with van der Waals surface area (Å²) < 4.78 is 1.89. The van der Waals surface area contributed by atoms with Gasteiger partial charge in [0.05, 0.1) is 5.69 Å². The lowest BCUT2D eigenvalue weighted by Crippen LogP contribution is -2.35. The Morgan fingerprint density at radius 3 is 2.95 bits per heavy atom. The van der Waals surface area contributed by atoms with Gasteiger partial charge in [-0.25, -0.2) is 9.97 Å². The second kappa shape index (κ2) is 5.81. The van der Waals surface area contributed by atoms with Crippen LogP contribution in [0.25, 0.3) is 0 Å². The third-order valence-corrected chi connectivity index (χ3v) is 4.23. The third kappa shape index (κ3) is 3.05. The monoisotopic (exact) mass is 286 g/mol. The molecule has 0 N–H and O–H groups in total. The van der Waals surface area contributed by atoms with Crippen molar-refractivity contribution < 1.29 is 0 Å². The van der Waals surface area contributed by atoms with Gasteiger partial charge in [0, 0.05) is 57.7 Å². The Bertz CT molecular complexity index is 593. The van der Waals surface area contributed by atoms with Crippen molar-refractivity contribution in [2.45, 2.75) is 25.9 Å². The third-order valence-electron chi connectivity index (χ3n) is 4.23. The number of aryl methyl sites for hydroxylation is 2. The number of hydrogen-bond acceptors (Lipinski definition) is 5. The van der Waals surface area contributed by atoms with Crippen molar-refractivity contribution >= 4 is 5.82 Å². The first-order chi connectivity index (χ1) is 10.1. The zero-order chi connectivity index (χ0) is 14.8. The van der Waals surface area contributed by atoms with Crippen LogP contribution in [0.4, 0.5) is 5.82 Å². The number of anilines is 1. The molecule has 1 unspecified atom stereocenters. The molecule has 0 saturated carbocycles. The number of likely N-dealkylation sites (tertiary alicyclic amines) is 1. The molecule has 3 rings (SSSR count). The van der Waals surface area contributed by atoms with E-state index in [0.717, 1.165) is 31.1 Å². The summed E-state index contributed by atoms with van der Waals surface area (Å²) in [5.74, 6) is 0.995. The lowest BCUT2D eigenvalue weighted by atomic mass is 10.2. The van der Waals surface area contributed by atoms with Gasteiger partial charge in [-0.1, -0.05) is 0 Å². The molecule has 1 saturated heterocycles. The van der Waals surface area contributed by atoms with Gasteiger partial charge in [0.2, 0.25) is 0 Å². The Morgan fingerprint density at radius 2 is 2.29 bits per heavy atom. The minimum absolute atomic E-state index is 0.511. The molecule has 0 bridgehead atoms. The molecule has 3 heterocycles. The molecule has 2 aromatic heterocycles. The highest BCUT2D eigenvalue weighted by Crippen LogP contribution is 2.21. The Morgan fingerprint density at radius 1 is 1.43 bits per heavy atom. The highest BCUT2D eigenvalue weighted by Gasteiger charge is 2.27. The van der Waals surface area contributed by atoms with Crippen LogP contribution in [0, 0.1) is 6.92 Å². The summed E-state index contributed by atoms with van der Waals surface area (Å²) in [6.07, 6.45) is 6.69. The highest BCUT2D eigenvalue weighted by atomic mass is 15.3. The summed E-state index contributed by atoms with van der Waals surface area (Å²) in [4.78, 5) is 13.1. The molecule has 1 aliphatic heterocycles. The van der Waals surface area contributed by atoms with Gasteiger partial charge in [-0.3, -0.25) is 9.58 Å². The van der Waals surface area contributed by atoms with Crippen LogP contribution in [-0.2, 0) is 13.6 Å². The van der Waals surface area contributed by atoms with E-state index < -0.39 is 0 Å². The molecule has 112 valence electrons. The summed E-state index contributed by atoms with van der Waals surface area (Å²) in [5, 5.41) is 4.42. The predicted octanol–water partition coefficient (Wildman–Crippen LogP) is 1.23. The van der Waals surface area contributed by atoms with Gasteiger partial charge in [0.1, 0.15) is 12.1 Å². The fourth-order valence-corrected chi connectivity index (χ4v) is 3.00. The van der Waals surface area contributed by atoms with E-state index in [-0.39, 0.29) is 0 Å². The summed E-state index contributed by atoms with van der Waals surface area (Å²) in [5.41, 5.74) is 2.45. The molecule has 2 aromatic rings. The van der Waals surface area contributed by atoms with Crippen molar-refractivity contribution in [1.29, 1.82) is 0 Å². The van der Waals surface area contributed by atoms with Gasteiger partial charge in [-0.15, -0.1) is 0 Å². The van der Waals surface area contributed by atoms with Gasteiger partial charge in [0.25, 0.3) is 0 Å². The molecule has 1 fully saturated rings. The maximum absolute atomic E-state index is 4.42. The molecular weight excluding hydrogens is 264 g/mol. The van der Waals surface area contributed by atoms with Crippen LogP contribution in [0.15, 0.2) is 24.8 Å². The summed E-state index contributed by atoms with van der Waals surface area (Å²) >= 11 is 0. The van der Waals surface area contributed by atoms with E-state index in [0.29, 0.717) is 6.04 Å². The molecule has 1 aliphatic rings. The lowest BCUT2D eigenvalue weighted by molar-refractivity contribution is 0.325. The largest absolute Gasteiger partial charge is 0.355 e. The molecule has 0 aliphatic carbocycles. The standard InChI is InChI=1S/C15H22N6/c1-12-13(8-19(2)18-12)9-21-7-5-14(10-21)20(3)15-4-6-16-11-17-15/h4,6,8,11,14H,5,7,9-10H2,1-3H3. The van der Waals surface area contributed by atoms with Crippen LogP contribution in [0.5, 0.6) is 0 Å². The van der Waals surface area contributed by atoms with E-state index in [1.165, 1.54) is 12.0 Å². The minimum Gasteiger partial charge on any atom is -0.355 e. The van der Waals surface area contributed by atoms with Crippen molar-refractivity contribution in [2.75, 3.05) is 25.0 Å². The van der Waals surface area contributed by atoms with Crippen molar-refractivity contribution in [1.82, 2.24) is 24.6 Å². The molecule has 1 atom stereocenters. The SMILES string of the molecule is Cc1nn(C)cc1CN1CCC(N(C)c2ccncn2)C1. The average Bonchev–Trinajstić information content (AvgIpc) is 3.07. The second-order valence-electron chi connectivity index (χ2n) is 5.77. The van der Waals surface area contributed by atoms with Gasteiger partial charge in [-0.05, 0) is 19.4 Å². The van der Waals surface area contributed by atoms with Gasteiger partial charge in [0.15, 0.2) is 0 Å². The number of likely N-dealkylation sites (N-methyl/N-ethyl adjacent to an activating group) is 1. The Kier molecular flexibility index (Phi) is 3.88. The minimum atomic E-state index is 0.511. The van der Waals surface area contributed by atoms with Crippen molar-refractivity contribution in [3.05, 3.63) is 36.0 Å². The molecule has 0 radical (unpaired) electrons. The lowest BCUT2D eigenvalue weighted by Gasteiger charge is -2.25. The van der Waals surface area contributed by atoms with Crippen LogP contribution >= 0.6 is 0 Å². The number of nitrogens with zero attached hydrogens (tertiary/aromatic N) is 6. The smallest absolute Gasteiger partial charge is 0.131 e. The first kappa shape index (κ1) is 14.0. The second-order valence-corrected chi connectivity index (χ2v) is 5.77. The Labute approximate surface area is 125 Å². The molecule has 0 spiro atoms. The maximum atomic E-state index is 4.42. The number of hydrogen-bond donors (Lipinski definition) is 0. The zero-order valence-electron chi connectivity index (χ0n) is 12.9. The van der Waals surface area contributed by atoms with E-state index in [9.17, 15) is 0 Å². The van der Waals surface area contributed by atoms with Crippen LogP contribution in [0.2, 0.25) is 0 Å². The van der Waals surface area contributed by atoms with Crippen LogP contribution in [0.3, 0.4) is 0 Å². The maximum Gasteiger partial charge on any atom is 0.131 e. The zero-order valence-corrected chi connectivity index (χ0v) is 12.9. The van der Waals surface area contributed by atoms with Gasteiger partial charge < -0.3 is 4.90 Å². The van der Waals surface area contributed by atoms with E-state index in [1.54, 1.807) is 12.5 Å². The van der Waals surface area contributed by atoms with Crippen molar-refractivity contribution in [2.24, 2.45) is 7.05 Å². The van der Waals surface area contributed by atoms with Gasteiger partial charge in [-0.2, -0.15) is 5.10 Å². The summed E-state index contributed by atoms with van der Waals surface area (Å²) in [6.45, 7) is 5.24. The van der Waals surface area contributed by atoms with E-state index in [1.807, 2.05) is 17.8 Å².